The van der Waals surface area contributed by atoms with E-state index in [4.69, 9.17) is 8.37 Å². The highest BCUT2D eigenvalue weighted by atomic mass is 32.2. The number of aryl methyl sites for hydroxylation is 2. The molecule has 0 fully saturated rings. The Bertz CT molecular complexity index is 2170. The van der Waals surface area contributed by atoms with Crippen molar-refractivity contribution in [1.82, 2.24) is 0 Å². The Labute approximate surface area is 245 Å². The lowest BCUT2D eigenvalue weighted by Crippen LogP contribution is -2.10. The van der Waals surface area contributed by atoms with Gasteiger partial charge < -0.3 is 8.37 Å². The highest BCUT2D eigenvalue weighted by Crippen LogP contribution is 2.39. The third-order valence-corrected chi connectivity index (χ3v) is 9.56. The molecule has 0 spiro atoms. The molecule has 0 saturated heterocycles. The molecule has 6 aromatic carbocycles. The lowest BCUT2D eigenvalue weighted by Gasteiger charge is -2.15. The van der Waals surface area contributed by atoms with Crippen LogP contribution in [-0.4, -0.2) is 16.8 Å². The minimum absolute atomic E-state index is 0.0812. The first-order valence-electron chi connectivity index (χ1n) is 13.2. The molecule has 0 bridgehead atoms. The Morgan fingerprint density at radius 1 is 0.476 bits per heavy atom. The van der Waals surface area contributed by atoms with Crippen LogP contribution in [0.3, 0.4) is 0 Å². The third-order valence-electron chi connectivity index (χ3n) is 7.05. The van der Waals surface area contributed by atoms with E-state index in [1.165, 1.54) is 24.3 Å². The summed E-state index contributed by atoms with van der Waals surface area (Å²) in [6.07, 6.45) is 0. The molecule has 0 radical (unpaired) electrons. The van der Waals surface area contributed by atoms with E-state index >= 15 is 0 Å². The Hall–Kier alpha value is -4.66. The second-order valence-electron chi connectivity index (χ2n) is 10.0. The summed E-state index contributed by atoms with van der Waals surface area (Å²) in [7, 11) is -8.03. The van der Waals surface area contributed by atoms with Gasteiger partial charge in [0.25, 0.3) is 0 Å². The molecular formula is C34H26O6S2. The monoisotopic (exact) mass is 594 g/mol. The van der Waals surface area contributed by atoms with E-state index < -0.39 is 20.2 Å². The summed E-state index contributed by atoms with van der Waals surface area (Å²) in [4.78, 5) is 0.165. The van der Waals surface area contributed by atoms with Gasteiger partial charge in [-0.1, -0.05) is 83.9 Å². The standard InChI is InChI=1S/C34H26O6S2/c1-23-10-15-27(16-11-23)41(35,36)39-26-14-19-29-25(22-26)6-5-9-30(29)32-20-21-34(33-8-4-3-7-31(32)33)40-42(37,38)28-17-12-24(2)13-18-28/h3-22H,1-2H3. The first-order valence-corrected chi connectivity index (χ1v) is 16.0. The number of fused-ring (bicyclic) bond motifs is 2. The SMILES string of the molecule is Cc1ccc(S(=O)(=O)Oc2ccc3c(-c4ccc(OS(=O)(=O)c5ccc(C)cc5)c5ccccc45)cccc3c2)cc1. The maximum absolute atomic E-state index is 13.0. The summed E-state index contributed by atoms with van der Waals surface area (Å²) >= 11 is 0. The molecule has 8 heteroatoms. The minimum Gasteiger partial charge on any atom is -0.379 e. The fourth-order valence-corrected chi connectivity index (χ4v) is 6.75. The van der Waals surface area contributed by atoms with Crippen LogP contribution in [0.2, 0.25) is 0 Å². The third kappa shape index (κ3) is 5.34. The second kappa shape index (κ2) is 10.6. The molecule has 0 amide bonds. The number of hydrogen-bond donors (Lipinski definition) is 0. The highest BCUT2D eigenvalue weighted by molar-refractivity contribution is 7.87. The van der Waals surface area contributed by atoms with Crippen LogP contribution in [0.5, 0.6) is 11.5 Å². The van der Waals surface area contributed by atoms with Crippen molar-refractivity contribution in [3.63, 3.8) is 0 Å². The molecule has 0 saturated carbocycles. The summed E-state index contributed by atoms with van der Waals surface area (Å²) in [6, 6.07) is 34.9. The van der Waals surface area contributed by atoms with Gasteiger partial charge in [-0.05, 0) is 89.7 Å². The van der Waals surface area contributed by atoms with Gasteiger partial charge >= 0.3 is 20.2 Å². The molecule has 0 atom stereocenters. The molecule has 6 rings (SSSR count). The van der Waals surface area contributed by atoms with E-state index in [1.54, 1.807) is 42.5 Å². The lowest BCUT2D eigenvalue weighted by molar-refractivity contribution is 0.485. The van der Waals surface area contributed by atoms with Crippen LogP contribution in [0.1, 0.15) is 11.1 Å². The van der Waals surface area contributed by atoms with Crippen LogP contribution >= 0.6 is 0 Å². The van der Waals surface area contributed by atoms with Crippen molar-refractivity contribution in [2.75, 3.05) is 0 Å². The van der Waals surface area contributed by atoms with Crippen LogP contribution in [0, 0.1) is 13.8 Å². The van der Waals surface area contributed by atoms with Gasteiger partial charge in [0.05, 0.1) is 0 Å². The zero-order valence-corrected chi connectivity index (χ0v) is 24.4. The predicted octanol–water partition coefficient (Wildman–Crippen LogP) is 7.81. The molecule has 0 unspecified atom stereocenters. The number of hydrogen-bond acceptors (Lipinski definition) is 6. The fraction of sp³-hybridized carbons (Fsp3) is 0.0588. The topological polar surface area (TPSA) is 86.7 Å². The molecular weight excluding hydrogens is 569 g/mol. The fourth-order valence-electron chi connectivity index (χ4n) is 4.88. The Morgan fingerprint density at radius 3 is 1.69 bits per heavy atom. The molecule has 0 heterocycles. The minimum atomic E-state index is -4.04. The van der Waals surface area contributed by atoms with Crippen molar-refractivity contribution < 1.29 is 25.2 Å². The van der Waals surface area contributed by atoms with Gasteiger partial charge in [-0.2, -0.15) is 16.8 Å². The summed E-state index contributed by atoms with van der Waals surface area (Å²) < 4.78 is 62.9. The first-order chi connectivity index (χ1) is 20.1. The zero-order chi connectivity index (χ0) is 29.5. The maximum Gasteiger partial charge on any atom is 0.339 e. The van der Waals surface area contributed by atoms with E-state index in [0.29, 0.717) is 5.39 Å². The summed E-state index contributed by atoms with van der Waals surface area (Å²) in [5.74, 6) is 0.433. The van der Waals surface area contributed by atoms with E-state index in [2.05, 4.69) is 0 Å². The van der Waals surface area contributed by atoms with Crippen LogP contribution < -0.4 is 8.37 Å². The Kier molecular flexibility index (Phi) is 6.96. The molecule has 0 aliphatic heterocycles. The predicted molar refractivity (Wildman–Crippen MR) is 165 cm³/mol. The molecule has 210 valence electrons. The highest BCUT2D eigenvalue weighted by Gasteiger charge is 2.20. The van der Waals surface area contributed by atoms with Crippen molar-refractivity contribution in [3.8, 4) is 22.6 Å². The van der Waals surface area contributed by atoms with Gasteiger partial charge in [0.15, 0.2) is 5.75 Å². The number of rotatable bonds is 7. The van der Waals surface area contributed by atoms with Crippen molar-refractivity contribution in [2.24, 2.45) is 0 Å². The largest absolute Gasteiger partial charge is 0.379 e. The van der Waals surface area contributed by atoms with E-state index in [9.17, 15) is 16.8 Å². The lowest BCUT2D eigenvalue weighted by atomic mass is 9.93. The summed E-state index contributed by atoms with van der Waals surface area (Å²) in [5, 5.41) is 3.12. The van der Waals surface area contributed by atoms with Crippen LogP contribution in [0.4, 0.5) is 0 Å². The van der Waals surface area contributed by atoms with Crippen LogP contribution in [0.15, 0.2) is 131 Å². The molecule has 0 aliphatic carbocycles. The van der Waals surface area contributed by atoms with Crippen molar-refractivity contribution in [3.05, 3.63) is 132 Å². The first kappa shape index (κ1) is 27.5. The van der Waals surface area contributed by atoms with Crippen LogP contribution in [0.25, 0.3) is 32.7 Å². The molecule has 0 aromatic heterocycles. The van der Waals surface area contributed by atoms with Gasteiger partial charge in [0, 0.05) is 5.39 Å². The van der Waals surface area contributed by atoms with Gasteiger partial charge in [-0.25, -0.2) is 0 Å². The summed E-state index contributed by atoms with van der Waals surface area (Å²) in [6.45, 7) is 3.77. The smallest absolute Gasteiger partial charge is 0.339 e. The van der Waals surface area contributed by atoms with Gasteiger partial charge in [-0.3, -0.25) is 0 Å². The van der Waals surface area contributed by atoms with Crippen molar-refractivity contribution >= 4 is 41.8 Å². The van der Waals surface area contributed by atoms with Crippen molar-refractivity contribution in [2.45, 2.75) is 23.6 Å². The van der Waals surface area contributed by atoms with E-state index in [0.717, 1.165) is 38.4 Å². The van der Waals surface area contributed by atoms with E-state index in [-0.39, 0.29) is 21.3 Å². The Morgan fingerprint density at radius 2 is 1.05 bits per heavy atom. The maximum atomic E-state index is 13.0. The van der Waals surface area contributed by atoms with Crippen LogP contribution in [-0.2, 0) is 20.2 Å². The number of benzene rings is 6. The average Bonchev–Trinajstić information content (AvgIpc) is 2.97. The van der Waals surface area contributed by atoms with Gasteiger partial charge in [-0.15, -0.1) is 0 Å². The molecule has 42 heavy (non-hydrogen) atoms. The molecule has 0 N–H and O–H groups in total. The molecule has 0 aliphatic rings. The Balaban J connectivity index is 1.38. The van der Waals surface area contributed by atoms with E-state index in [1.807, 2.05) is 68.4 Å². The average molecular weight is 595 g/mol. The van der Waals surface area contributed by atoms with Gasteiger partial charge in [0.2, 0.25) is 0 Å². The second-order valence-corrected chi connectivity index (χ2v) is 13.1. The quantitative estimate of drug-likeness (QED) is 0.175. The van der Waals surface area contributed by atoms with Gasteiger partial charge in [0.1, 0.15) is 15.5 Å². The molecule has 6 aromatic rings. The normalized spacial score (nSPS) is 12.0. The molecule has 6 nitrogen and oxygen atoms in total. The zero-order valence-electron chi connectivity index (χ0n) is 22.8. The summed E-state index contributed by atoms with van der Waals surface area (Å²) in [5.41, 5.74) is 3.67. The van der Waals surface area contributed by atoms with Crippen molar-refractivity contribution in [1.29, 1.82) is 0 Å².